The summed E-state index contributed by atoms with van der Waals surface area (Å²) in [6.45, 7) is 6.23. The van der Waals surface area contributed by atoms with Gasteiger partial charge in [-0.05, 0) is 19.4 Å². The molecular weight excluding hydrogens is 194 g/mol. The van der Waals surface area contributed by atoms with Crippen molar-refractivity contribution >= 4 is 5.97 Å². The fraction of sp³-hybridized carbons (Fsp3) is 0.909. The predicted molar refractivity (Wildman–Crippen MR) is 59.8 cm³/mol. The number of methoxy groups -OCH3 is 1. The van der Waals surface area contributed by atoms with Crippen molar-refractivity contribution in [1.82, 2.24) is 5.32 Å². The zero-order valence-electron chi connectivity index (χ0n) is 10.0. The highest BCUT2D eigenvalue weighted by Crippen LogP contribution is 1.97. The summed E-state index contributed by atoms with van der Waals surface area (Å²) < 4.78 is 10.1. The van der Waals surface area contributed by atoms with E-state index in [9.17, 15) is 4.79 Å². The third kappa shape index (κ3) is 7.33. The minimum Gasteiger partial charge on any atom is -0.468 e. The fourth-order valence-corrected chi connectivity index (χ4v) is 1.24. The van der Waals surface area contributed by atoms with Gasteiger partial charge in [-0.25, -0.2) is 0 Å². The number of likely N-dealkylation sites (N-methyl/N-ethyl adjacent to an activating group) is 1. The topological polar surface area (TPSA) is 47.6 Å². The highest BCUT2D eigenvalue weighted by molar-refractivity contribution is 5.75. The van der Waals surface area contributed by atoms with Gasteiger partial charge < -0.3 is 14.8 Å². The van der Waals surface area contributed by atoms with Crippen LogP contribution in [-0.2, 0) is 14.3 Å². The number of unbranched alkanes of at least 4 members (excludes halogenated alkanes) is 1. The summed E-state index contributed by atoms with van der Waals surface area (Å²) in [4.78, 5) is 11.3. The molecule has 0 aliphatic carbocycles. The lowest BCUT2D eigenvalue weighted by Crippen LogP contribution is -2.38. The zero-order valence-corrected chi connectivity index (χ0v) is 10.0. The number of hydrogen-bond donors (Lipinski definition) is 1. The summed E-state index contributed by atoms with van der Waals surface area (Å²) in [5.41, 5.74) is 0. The summed E-state index contributed by atoms with van der Waals surface area (Å²) >= 11 is 0. The van der Waals surface area contributed by atoms with Crippen LogP contribution in [-0.4, -0.2) is 38.9 Å². The van der Waals surface area contributed by atoms with Crippen molar-refractivity contribution in [2.45, 2.75) is 39.2 Å². The SMILES string of the molecule is CCCCOCCC(NCC)C(=O)OC. The van der Waals surface area contributed by atoms with Crippen molar-refractivity contribution < 1.29 is 14.3 Å². The van der Waals surface area contributed by atoms with E-state index in [2.05, 4.69) is 17.0 Å². The highest BCUT2D eigenvalue weighted by Gasteiger charge is 2.16. The number of ether oxygens (including phenoxy) is 2. The molecule has 0 radical (unpaired) electrons. The Hall–Kier alpha value is -0.610. The molecule has 0 fully saturated rings. The Morgan fingerprint density at radius 3 is 2.60 bits per heavy atom. The van der Waals surface area contributed by atoms with Crippen molar-refractivity contribution in [3.63, 3.8) is 0 Å². The summed E-state index contributed by atoms with van der Waals surface area (Å²) in [6.07, 6.45) is 2.88. The van der Waals surface area contributed by atoms with Gasteiger partial charge in [0.1, 0.15) is 6.04 Å². The van der Waals surface area contributed by atoms with E-state index in [0.29, 0.717) is 13.0 Å². The Balaban J connectivity index is 3.61. The molecule has 0 aromatic heterocycles. The van der Waals surface area contributed by atoms with E-state index in [4.69, 9.17) is 4.74 Å². The molecule has 0 bridgehead atoms. The average molecular weight is 217 g/mol. The van der Waals surface area contributed by atoms with E-state index in [1.807, 2.05) is 6.92 Å². The molecule has 0 saturated heterocycles. The van der Waals surface area contributed by atoms with Gasteiger partial charge in [-0.15, -0.1) is 0 Å². The normalized spacial score (nSPS) is 12.5. The lowest BCUT2D eigenvalue weighted by molar-refractivity contribution is -0.143. The maximum absolute atomic E-state index is 11.3. The van der Waals surface area contributed by atoms with Crippen LogP contribution in [0.15, 0.2) is 0 Å². The summed E-state index contributed by atoms with van der Waals surface area (Å²) in [7, 11) is 1.41. The molecule has 0 amide bonds. The van der Waals surface area contributed by atoms with Crippen molar-refractivity contribution in [3.8, 4) is 0 Å². The van der Waals surface area contributed by atoms with Crippen LogP contribution < -0.4 is 5.32 Å². The molecule has 4 nitrogen and oxygen atoms in total. The smallest absolute Gasteiger partial charge is 0.322 e. The number of esters is 1. The molecule has 90 valence electrons. The van der Waals surface area contributed by atoms with Gasteiger partial charge >= 0.3 is 5.97 Å². The van der Waals surface area contributed by atoms with E-state index in [-0.39, 0.29) is 12.0 Å². The van der Waals surface area contributed by atoms with Crippen molar-refractivity contribution in [3.05, 3.63) is 0 Å². The van der Waals surface area contributed by atoms with Gasteiger partial charge in [0, 0.05) is 13.2 Å². The van der Waals surface area contributed by atoms with Crippen LogP contribution in [0, 0.1) is 0 Å². The van der Waals surface area contributed by atoms with E-state index in [0.717, 1.165) is 26.0 Å². The van der Waals surface area contributed by atoms with Gasteiger partial charge in [0.15, 0.2) is 0 Å². The quantitative estimate of drug-likeness (QED) is 0.468. The number of rotatable bonds is 9. The van der Waals surface area contributed by atoms with Crippen molar-refractivity contribution in [1.29, 1.82) is 0 Å². The molecule has 0 rings (SSSR count). The largest absolute Gasteiger partial charge is 0.468 e. The molecule has 0 aromatic carbocycles. The first-order valence-electron chi connectivity index (χ1n) is 5.65. The number of nitrogens with one attached hydrogen (secondary N) is 1. The first kappa shape index (κ1) is 14.4. The van der Waals surface area contributed by atoms with Gasteiger partial charge in [0.25, 0.3) is 0 Å². The van der Waals surface area contributed by atoms with Crippen LogP contribution in [0.25, 0.3) is 0 Å². The van der Waals surface area contributed by atoms with Crippen LogP contribution in [0.4, 0.5) is 0 Å². The van der Waals surface area contributed by atoms with E-state index in [1.165, 1.54) is 7.11 Å². The third-order valence-electron chi connectivity index (χ3n) is 2.13. The Kier molecular flexibility index (Phi) is 9.52. The first-order chi connectivity index (χ1) is 7.26. The second-order valence-electron chi connectivity index (χ2n) is 3.39. The zero-order chi connectivity index (χ0) is 11.5. The Morgan fingerprint density at radius 1 is 1.33 bits per heavy atom. The molecule has 0 saturated carbocycles. The Labute approximate surface area is 92.3 Å². The van der Waals surface area contributed by atoms with E-state index >= 15 is 0 Å². The molecule has 1 unspecified atom stereocenters. The standard InChI is InChI=1S/C11H23NO3/c1-4-6-8-15-9-7-10(12-5-2)11(13)14-3/h10,12H,4-9H2,1-3H3. The average Bonchev–Trinajstić information content (AvgIpc) is 2.26. The summed E-state index contributed by atoms with van der Waals surface area (Å²) in [5.74, 6) is -0.212. The van der Waals surface area contributed by atoms with Gasteiger partial charge in [0.2, 0.25) is 0 Å². The van der Waals surface area contributed by atoms with E-state index < -0.39 is 0 Å². The highest BCUT2D eigenvalue weighted by atomic mass is 16.5. The van der Waals surface area contributed by atoms with Crippen LogP contribution in [0.2, 0.25) is 0 Å². The summed E-state index contributed by atoms with van der Waals surface area (Å²) in [5, 5.41) is 3.07. The lowest BCUT2D eigenvalue weighted by atomic mass is 10.2. The Morgan fingerprint density at radius 2 is 2.07 bits per heavy atom. The van der Waals surface area contributed by atoms with Crippen LogP contribution in [0.5, 0.6) is 0 Å². The van der Waals surface area contributed by atoms with Crippen molar-refractivity contribution in [2.75, 3.05) is 26.9 Å². The molecule has 0 spiro atoms. The number of carbonyl (C=O) groups excluding carboxylic acids is 1. The molecule has 15 heavy (non-hydrogen) atoms. The van der Waals surface area contributed by atoms with Gasteiger partial charge in [0.05, 0.1) is 7.11 Å². The predicted octanol–water partition coefficient (Wildman–Crippen LogP) is 1.34. The van der Waals surface area contributed by atoms with Crippen LogP contribution in [0.3, 0.4) is 0 Å². The molecule has 1 N–H and O–H groups in total. The second kappa shape index (κ2) is 9.93. The molecule has 0 aliphatic heterocycles. The fourth-order valence-electron chi connectivity index (χ4n) is 1.24. The second-order valence-corrected chi connectivity index (χ2v) is 3.39. The molecule has 1 atom stereocenters. The van der Waals surface area contributed by atoms with Crippen LogP contribution in [0.1, 0.15) is 33.1 Å². The van der Waals surface area contributed by atoms with E-state index in [1.54, 1.807) is 0 Å². The number of carbonyl (C=O) groups is 1. The molecule has 4 heteroatoms. The molecule has 0 aromatic rings. The van der Waals surface area contributed by atoms with Gasteiger partial charge in [-0.3, -0.25) is 4.79 Å². The third-order valence-corrected chi connectivity index (χ3v) is 2.13. The van der Waals surface area contributed by atoms with Gasteiger partial charge in [-0.1, -0.05) is 20.3 Å². The molecule has 0 heterocycles. The lowest BCUT2D eigenvalue weighted by Gasteiger charge is -2.15. The Bertz CT molecular complexity index is 162. The molecular formula is C11H23NO3. The maximum atomic E-state index is 11.3. The van der Waals surface area contributed by atoms with Gasteiger partial charge in [-0.2, -0.15) is 0 Å². The molecule has 0 aliphatic rings. The minimum atomic E-state index is -0.235. The number of hydrogen-bond acceptors (Lipinski definition) is 4. The van der Waals surface area contributed by atoms with Crippen molar-refractivity contribution in [2.24, 2.45) is 0 Å². The minimum absolute atomic E-state index is 0.212. The summed E-state index contributed by atoms with van der Waals surface area (Å²) in [6, 6.07) is -0.235. The monoisotopic (exact) mass is 217 g/mol. The van der Waals surface area contributed by atoms with Crippen LogP contribution >= 0.6 is 0 Å². The maximum Gasteiger partial charge on any atom is 0.322 e. The first-order valence-corrected chi connectivity index (χ1v) is 5.65.